The first-order chi connectivity index (χ1) is 9.69. The Bertz CT molecular complexity index is 752. The van der Waals surface area contributed by atoms with Crippen LogP contribution in [0.2, 0.25) is 0 Å². The molecule has 0 N–H and O–H groups in total. The van der Waals surface area contributed by atoms with Gasteiger partial charge in [0.2, 0.25) is 0 Å². The Balaban J connectivity index is 2.02. The van der Waals surface area contributed by atoms with Gasteiger partial charge in [-0.1, -0.05) is 12.1 Å². The fourth-order valence-electron chi connectivity index (χ4n) is 2.51. The predicted octanol–water partition coefficient (Wildman–Crippen LogP) is 3.28. The maximum absolute atomic E-state index is 10.9. The summed E-state index contributed by atoms with van der Waals surface area (Å²) in [5, 5.41) is 1.14. The van der Waals surface area contributed by atoms with Crippen LogP contribution in [0.25, 0.3) is 10.9 Å². The van der Waals surface area contributed by atoms with Crippen LogP contribution in [0.5, 0.6) is 0 Å². The van der Waals surface area contributed by atoms with E-state index in [1.54, 1.807) is 0 Å². The van der Waals surface area contributed by atoms with E-state index in [1.165, 1.54) is 0 Å². The second kappa shape index (κ2) is 4.96. The molecule has 2 aromatic heterocycles. The van der Waals surface area contributed by atoms with E-state index in [9.17, 15) is 4.79 Å². The van der Waals surface area contributed by atoms with Crippen molar-refractivity contribution in [1.82, 2.24) is 14.1 Å². The highest BCUT2D eigenvalue weighted by molar-refractivity contribution is 5.87. The zero-order valence-corrected chi connectivity index (χ0v) is 11.7. The highest BCUT2D eigenvalue weighted by Crippen LogP contribution is 2.19. The Morgan fingerprint density at radius 3 is 2.90 bits per heavy atom. The van der Waals surface area contributed by atoms with Crippen LogP contribution in [0.1, 0.15) is 35.9 Å². The number of fused-ring (bicyclic) bond motifs is 1. The average Bonchev–Trinajstić information content (AvgIpc) is 3.06. The van der Waals surface area contributed by atoms with Gasteiger partial charge in [0.05, 0.1) is 18.6 Å². The number of benzene rings is 1. The number of carbonyl (C=O) groups is 1. The van der Waals surface area contributed by atoms with Gasteiger partial charge < -0.3 is 9.13 Å². The zero-order valence-electron chi connectivity index (χ0n) is 11.7. The Morgan fingerprint density at radius 1 is 1.30 bits per heavy atom. The lowest BCUT2D eigenvalue weighted by Crippen LogP contribution is -2.08. The molecule has 4 heteroatoms. The third-order valence-corrected chi connectivity index (χ3v) is 3.57. The molecule has 0 fully saturated rings. The molecule has 0 unspecified atom stereocenters. The molecule has 102 valence electrons. The van der Waals surface area contributed by atoms with Crippen molar-refractivity contribution in [1.29, 1.82) is 0 Å². The van der Waals surface area contributed by atoms with Crippen LogP contribution >= 0.6 is 0 Å². The second-order valence-electron chi connectivity index (χ2n) is 5.27. The van der Waals surface area contributed by atoms with E-state index in [0.717, 1.165) is 29.4 Å². The summed E-state index contributed by atoms with van der Waals surface area (Å²) in [6.45, 7) is 5.04. The van der Waals surface area contributed by atoms with E-state index >= 15 is 0 Å². The molecular formula is C16H17N3O. The van der Waals surface area contributed by atoms with Gasteiger partial charge in [-0.25, -0.2) is 4.98 Å². The van der Waals surface area contributed by atoms with Crippen LogP contribution < -0.4 is 0 Å². The molecule has 0 saturated carbocycles. The summed E-state index contributed by atoms with van der Waals surface area (Å²) in [5.41, 5.74) is 2.94. The number of carbonyl (C=O) groups excluding carboxylic acids is 1. The smallest absolute Gasteiger partial charge is 0.150 e. The molecule has 0 radical (unpaired) electrons. The van der Waals surface area contributed by atoms with Crippen molar-refractivity contribution in [2.75, 3.05) is 0 Å². The number of hydrogen-bond acceptors (Lipinski definition) is 2. The maximum Gasteiger partial charge on any atom is 0.150 e. The third kappa shape index (κ3) is 2.13. The first-order valence-electron chi connectivity index (χ1n) is 6.74. The predicted molar refractivity (Wildman–Crippen MR) is 79.0 cm³/mol. The van der Waals surface area contributed by atoms with Crippen molar-refractivity contribution in [2.45, 2.75) is 26.4 Å². The minimum atomic E-state index is 0.389. The minimum absolute atomic E-state index is 0.389. The van der Waals surface area contributed by atoms with E-state index < -0.39 is 0 Å². The van der Waals surface area contributed by atoms with Gasteiger partial charge in [-0.05, 0) is 31.4 Å². The fourth-order valence-corrected chi connectivity index (χ4v) is 2.51. The molecule has 0 amide bonds. The van der Waals surface area contributed by atoms with Crippen LogP contribution in [0, 0.1) is 0 Å². The molecule has 0 aliphatic heterocycles. The van der Waals surface area contributed by atoms with Crippen LogP contribution in [0.3, 0.4) is 0 Å². The molecule has 0 bridgehead atoms. The van der Waals surface area contributed by atoms with Crippen LogP contribution in [0.4, 0.5) is 0 Å². The van der Waals surface area contributed by atoms with E-state index in [0.29, 0.717) is 11.6 Å². The number of nitrogens with zero attached hydrogens (tertiary/aromatic N) is 3. The molecule has 4 nitrogen and oxygen atoms in total. The van der Waals surface area contributed by atoms with Gasteiger partial charge in [0, 0.05) is 29.5 Å². The first kappa shape index (κ1) is 12.7. The summed E-state index contributed by atoms with van der Waals surface area (Å²) in [7, 11) is 0. The first-order valence-corrected chi connectivity index (χ1v) is 6.74. The lowest BCUT2D eigenvalue weighted by atomic mass is 10.2. The fraction of sp³-hybridized carbons (Fsp3) is 0.250. The Kier molecular flexibility index (Phi) is 3.14. The van der Waals surface area contributed by atoms with Gasteiger partial charge >= 0.3 is 0 Å². The quantitative estimate of drug-likeness (QED) is 0.680. The Hall–Kier alpha value is -2.36. The SMILES string of the molecule is CC(C)n1cncc1Cn1ccc2ccc(C=O)cc21. The molecule has 2 heterocycles. The summed E-state index contributed by atoms with van der Waals surface area (Å²) < 4.78 is 4.31. The van der Waals surface area contributed by atoms with Crippen molar-refractivity contribution < 1.29 is 4.79 Å². The summed E-state index contributed by atoms with van der Waals surface area (Å²) in [5.74, 6) is 0. The highest BCUT2D eigenvalue weighted by atomic mass is 16.1. The topological polar surface area (TPSA) is 39.8 Å². The van der Waals surface area contributed by atoms with Crippen molar-refractivity contribution in [3.8, 4) is 0 Å². The lowest BCUT2D eigenvalue weighted by molar-refractivity contribution is 0.112. The van der Waals surface area contributed by atoms with Crippen molar-refractivity contribution in [2.24, 2.45) is 0 Å². The standard InChI is InChI=1S/C16H17N3O/c1-12(2)19-11-17-8-15(19)9-18-6-5-14-4-3-13(10-20)7-16(14)18/h3-8,10-12H,9H2,1-2H3. The van der Waals surface area contributed by atoms with Crippen molar-refractivity contribution >= 4 is 17.2 Å². The van der Waals surface area contributed by atoms with Gasteiger partial charge in [0.25, 0.3) is 0 Å². The second-order valence-corrected chi connectivity index (χ2v) is 5.27. The third-order valence-electron chi connectivity index (χ3n) is 3.57. The van der Waals surface area contributed by atoms with Crippen LogP contribution in [0.15, 0.2) is 43.0 Å². The molecule has 0 atom stereocenters. The van der Waals surface area contributed by atoms with Crippen molar-refractivity contribution in [3.63, 3.8) is 0 Å². The van der Waals surface area contributed by atoms with Crippen LogP contribution in [-0.4, -0.2) is 20.4 Å². The molecule has 0 saturated heterocycles. The minimum Gasteiger partial charge on any atom is -0.341 e. The molecule has 1 aromatic carbocycles. The van der Waals surface area contributed by atoms with Gasteiger partial charge in [0.15, 0.2) is 0 Å². The largest absolute Gasteiger partial charge is 0.341 e. The molecule has 0 spiro atoms. The van der Waals surface area contributed by atoms with Gasteiger partial charge in [-0.2, -0.15) is 0 Å². The number of rotatable bonds is 4. The Morgan fingerprint density at radius 2 is 2.15 bits per heavy atom. The van der Waals surface area contributed by atoms with Crippen LogP contribution in [-0.2, 0) is 6.54 Å². The highest BCUT2D eigenvalue weighted by Gasteiger charge is 2.08. The van der Waals surface area contributed by atoms with E-state index in [4.69, 9.17) is 0 Å². The molecular weight excluding hydrogens is 250 g/mol. The van der Waals surface area contributed by atoms with E-state index in [-0.39, 0.29) is 0 Å². The summed E-state index contributed by atoms with van der Waals surface area (Å²) in [6.07, 6.45) is 6.70. The summed E-state index contributed by atoms with van der Waals surface area (Å²) in [6, 6.07) is 8.21. The number of imidazole rings is 1. The average molecular weight is 267 g/mol. The van der Waals surface area contributed by atoms with Crippen molar-refractivity contribution in [3.05, 3.63) is 54.2 Å². The maximum atomic E-state index is 10.9. The molecule has 3 aromatic rings. The van der Waals surface area contributed by atoms with Gasteiger partial charge in [-0.15, -0.1) is 0 Å². The lowest BCUT2D eigenvalue weighted by Gasteiger charge is -2.13. The zero-order chi connectivity index (χ0) is 14.1. The molecule has 20 heavy (non-hydrogen) atoms. The Labute approximate surface area is 117 Å². The van der Waals surface area contributed by atoms with Gasteiger partial charge in [-0.3, -0.25) is 4.79 Å². The number of hydrogen-bond donors (Lipinski definition) is 0. The molecule has 0 aliphatic rings. The van der Waals surface area contributed by atoms with Gasteiger partial charge in [0.1, 0.15) is 6.29 Å². The number of aldehydes is 1. The number of aromatic nitrogens is 3. The monoisotopic (exact) mass is 267 g/mol. The summed E-state index contributed by atoms with van der Waals surface area (Å²) >= 11 is 0. The van der Waals surface area contributed by atoms with E-state index in [2.05, 4.69) is 40.2 Å². The van der Waals surface area contributed by atoms with E-state index in [1.807, 2.05) is 30.7 Å². The molecule has 0 aliphatic carbocycles. The summed E-state index contributed by atoms with van der Waals surface area (Å²) in [4.78, 5) is 15.2. The molecule has 3 rings (SSSR count). The normalized spacial score (nSPS) is 11.3.